The first kappa shape index (κ1) is 15.2. The highest BCUT2D eigenvalue weighted by Crippen LogP contribution is 2.16. The van der Waals surface area contributed by atoms with Gasteiger partial charge in [-0.05, 0) is 38.1 Å². The number of nitrogens with zero attached hydrogens (tertiary/aromatic N) is 1. The summed E-state index contributed by atoms with van der Waals surface area (Å²) in [6.45, 7) is 3.76. The van der Waals surface area contributed by atoms with Crippen LogP contribution in [-0.4, -0.2) is 37.0 Å². The van der Waals surface area contributed by atoms with Gasteiger partial charge in [-0.15, -0.1) is 11.6 Å². The number of halogens is 2. The molecule has 108 valence electrons. The molecule has 1 heterocycles. The van der Waals surface area contributed by atoms with Gasteiger partial charge in [0, 0.05) is 30.5 Å². The molecule has 20 heavy (non-hydrogen) atoms. The number of hydrogen-bond donors (Lipinski definition) is 0. The summed E-state index contributed by atoms with van der Waals surface area (Å²) in [6.07, 6.45) is 3.13. The van der Waals surface area contributed by atoms with E-state index in [2.05, 4.69) is 16.7 Å². The van der Waals surface area contributed by atoms with Gasteiger partial charge in [0.25, 0.3) is 0 Å². The average Bonchev–Trinajstić information content (AvgIpc) is 2.92. The van der Waals surface area contributed by atoms with Crippen LogP contribution in [0.5, 0.6) is 5.75 Å². The van der Waals surface area contributed by atoms with Gasteiger partial charge in [-0.3, -0.25) is 4.90 Å². The summed E-state index contributed by atoms with van der Waals surface area (Å²) in [5, 5.41) is 0. The molecule has 4 heteroatoms. The highest BCUT2D eigenvalue weighted by Gasteiger charge is 2.10. The Hall–Kier alpha value is -1.24. The van der Waals surface area contributed by atoms with Crippen molar-refractivity contribution in [1.82, 2.24) is 4.90 Å². The van der Waals surface area contributed by atoms with Gasteiger partial charge in [0.2, 0.25) is 0 Å². The van der Waals surface area contributed by atoms with Gasteiger partial charge >= 0.3 is 0 Å². The second-order valence-corrected chi connectivity index (χ2v) is 5.19. The average molecular weight is 296 g/mol. The molecule has 0 bridgehead atoms. The lowest BCUT2D eigenvalue weighted by molar-refractivity contribution is 0.237. The van der Waals surface area contributed by atoms with Crippen LogP contribution in [0, 0.1) is 17.7 Å². The Morgan fingerprint density at radius 1 is 1.25 bits per heavy atom. The number of hydrogen-bond acceptors (Lipinski definition) is 2. The zero-order chi connectivity index (χ0) is 14.2. The van der Waals surface area contributed by atoms with E-state index >= 15 is 0 Å². The number of alkyl halides is 1. The quantitative estimate of drug-likeness (QED) is 0.610. The molecule has 0 N–H and O–H groups in total. The number of ether oxygens (including phenoxy) is 1. The van der Waals surface area contributed by atoms with Crippen molar-refractivity contribution in [3.63, 3.8) is 0 Å². The lowest BCUT2D eigenvalue weighted by atomic mass is 10.2. The van der Waals surface area contributed by atoms with E-state index in [1.54, 1.807) is 6.07 Å². The molecule has 0 unspecified atom stereocenters. The van der Waals surface area contributed by atoms with Crippen LogP contribution >= 0.6 is 11.6 Å². The molecular weight excluding hydrogens is 277 g/mol. The second-order valence-electron chi connectivity index (χ2n) is 4.81. The number of likely N-dealkylation sites (tertiary alicyclic amines) is 1. The minimum absolute atomic E-state index is 0.321. The van der Waals surface area contributed by atoms with Crippen LogP contribution in [0.2, 0.25) is 0 Å². The monoisotopic (exact) mass is 295 g/mol. The summed E-state index contributed by atoms with van der Waals surface area (Å²) >= 11 is 5.56. The molecular formula is C16H19ClFNO. The first-order chi connectivity index (χ1) is 9.78. The minimum atomic E-state index is -0.321. The van der Waals surface area contributed by atoms with Crippen molar-refractivity contribution in [3.8, 4) is 17.6 Å². The van der Waals surface area contributed by atoms with E-state index in [0.29, 0.717) is 30.2 Å². The minimum Gasteiger partial charge on any atom is -0.492 e. The first-order valence-corrected chi connectivity index (χ1v) is 7.52. The smallest absolute Gasteiger partial charge is 0.128 e. The van der Waals surface area contributed by atoms with Crippen LogP contribution in [-0.2, 0) is 0 Å². The zero-order valence-corrected chi connectivity index (χ0v) is 12.3. The van der Waals surface area contributed by atoms with Gasteiger partial charge in [-0.2, -0.15) is 0 Å². The van der Waals surface area contributed by atoms with E-state index in [1.807, 2.05) is 0 Å². The SMILES string of the molecule is Fc1cc(C#CCCCl)cc(OCCN2CCCC2)c1. The fourth-order valence-corrected chi connectivity index (χ4v) is 2.32. The van der Waals surface area contributed by atoms with Gasteiger partial charge in [0.1, 0.15) is 18.2 Å². The fraction of sp³-hybridized carbons (Fsp3) is 0.500. The largest absolute Gasteiger partial charge is 0.492 e. The molecule has 0 spiro atoms. The van der Waals surface area contributed by atoms with Crippen molar-refractivity contribution < 1.29 is 9.13 Å². The van der Waals surface area contributed by atoms with Crippen molar-refractivity contribution in [2.45, 2.75) is 19.3 Å². The predicted molar refractivity (Wildman–Crippen MR) is 79.8 cm³/mol. The highest BCUT2D eigenvalue weighted by atomic mass is 35.5. The maximum absolute atomic E-state index is 13.5. The van der Waals surface area contributed by atoms with Crippen LogP contribution in [0.4, 0.5) is 4.39 Å². The molecule has 0 radical (unpaired) electrons. The van der Waals surface area contributed by atoms with Crippen LogP contribution in [0.3, 0.4) is 0 Å². The van der Waals surface area contributed by atoms with Crippen molar-refractivity contribution >= 4 is 11.6 Å². The summed E-state index contributed by atoms with van der Waals surface area (Å²) in [7, 11) is 0. The van der Waals surface area contributed by atoms with Gasteiger partial charge in [-0.25, -0.2) is 4.39 Å². The summed E-state index contributed by atoms with van der Waals surface area (Å²) in [4.78, 5) is 2.36. The molecule has 0 amide bonds. The fourth-order valence-electron chi connectivity index (χ4n) is 2.23. The van der Waals surface area contributed by atoms with Crippen molar-refractivity contribution in [3.05, 3.63) is 29.6 Å². The molecule has 1 saturated heterocycles. The normalized spacial score (nSPS) is 14.9. The standard InChI is InChI=1S/C16H19ClFNO/c17-6-2-1-5-14-11-15(18)13-16(12-14)20-10-9-19-7-3-4-8-19/h11-13H,2-4,6-10H2. The molecule has 0 aromatic heterocycles. The molecule has 0 atom stereocenters. The predicted octanol–water partition coefficient (Wildman–Crippen LogP) is 3.28. The molecule has 0 saturated carbocycles. The number of benzene rings is 1. The van der Waals surface area contributed by atoms with Crippen LogP contribution in [0.1, 0.15) is 24.8 Å². The molecule has 0 aliphatic carbocycles. The summed E-state index contributed by atoms with van der Waals surface area (Å²) < 4.78 is 19.1. The van der Waals surface area contributed by atoms with Crippen molar-refractivity contribution in [2.75, 3.05) is 32.1 Å². The van der Waals surface area contributed by atoms with Crippen molar-refractivity contribution in [2.24, 2.45) is 0 Å². The number of rotatable bonds is 5. The Kier molecular flexibility index (Phi) is 6.17. The third-order valence-electron chi connectivity index (χ3n) is 3.20. The maximum atomic E-state index is 13.5. The van der Waals surface area contributed by atoms with Crippen molar-refractivity contribution in [1.29, 1.82) is 0 Å². The first-order valence-electron chi connectivity index (χ1n) is 6.98. The van der Waals surface area contributed by atoms with Crippen LogP contribution < -0.4 is 4.74 Å². The third-order valence-corrected chi connectivity index (χ3v) is 3.39. The Morgan fingerprint density at radius 2 is 2.05 bits per heavy atom. The molecule has 1 aliphatic heterocycles. The van der Waals surface area contributed by atoms with E-state index in [1.165, 1.54) is 25.0 Å². The van der Waals surface area contributed by atoms with Crippen LogP contribution in [0.15, 0.2) is 18.2 Å². The van der Waals surface area contributed by atoms with E-state index in [9.17, 15) is 4.39 Å². The van der Waals surface area contributed by atoms with Gasteiger partial charge < -0.3 is 4.74 Å². The molecule has 1 aliphatic rings. The molecule has 1 aromatic rings. The van der Waals surface area contributed by atoms with E-state index in [-0.39, 0.29) is 5.82 Å². The van der Waals surface area contributed by atoms with E-state index in [0.717, 1.165) is 19.6 Å². The van der Waals surface area contributed by atoms with Gasteiger partial charge in [-0.1, -0.05) is 11.8 Å². The van der Waals surface area contributed by atoms with Crippen LogP contribution in [0.25, 0.3) is 0 Å². The Balaban J connectivity index is 1.88. The summed E-state index contributed by atoms with van der Waals surface area (Å²) in [6, 6.07) is 4.58. The highest BCUT2D eigenvalue weighted by molar-refractivity contribution is 6.18. The molecule has 2 nitrogen and oxygen atoms in total. The summed E-state index contributed by atoms with van der Waals surface area (Å²) in [5.74, 6) is 6.50. The molecule has 1 fully saturated rings. The molecule has 2 rings (SSSR count). The third kappa shape index (κ3) is 5.03. The zero-order valence-electron chi connectivity index (χ0n) is 11.5. The Bertz CT molecular complexity index is 489. The van der Waals surface area contributed by atoms with Gasteiger partial charge in [0.15, 0.2) is 0 Å². The van der Waals surface area contributed by atoms with Gasteiger partial charge in [0.05, 0.1) is 0 Å². The summed E-state index contributed by atoms with van der Waals surface area (Å²) in [5.41, 5.74) is 0.631. The topological polar surface area (TPSA) is 12.5 Å². The lowest BCUT2D eigenvalue weighted by Gasteiger charge is -2.15. The van der Waals surface area contributed by atoms with E-state index in [4.69, 9.17) is 16.3 Å². The van der Waals surface area contributed by atoms with E-state index < -0.39 is 0 Å². The molecule has 1 aromatic carbocycles. The second kappa shape index (κ2) is 8.14. The Morgan fingerprint density at radius 3 is 2.80 bits per heavy atom. The Labute approximate surface area is 124 Å². The lowest BCUT2D eigenvalue weighted by Crippen LogP contribution is -2.25. The maximum Gasteiger partial charge on any atom is 0.128 e.